The van der Waals surface area contributed by atoms with Crippen molar-refractivity contribution in [2.45, 2.75) is 32.7 Å². The fourth-order valence-electron chi connectivity index (χ4n) is 2.25. The molecule has 0 aliphatic carbocycles. The van der Waals surface area contributed by atoms with Crippen molar-refractivity contribution in [2.24, 2.45) is 0 Å². The Morgan fingerprint density at radius 1 is 1.05 bits per heavy atom. The number of rotatable bonds is 8. The third-order valence-corrected chi connectivity index (χ3v) is 3.27. The Labute approximate surface area is 127 Å². The van der Waals surface area contributed by atoms with Gasteiger partial charge in [-0.15, -0.1) is 0 Å². The smallest absolute Gasteiger partial charge is 0.137 e. The first-order valence-corrected chi connectivity index (χ1v) is 7.71. The average Bonchev–Trinajstić information content (AvgIpc) is 2.55. The van der Waals surface area contributed by atoms with Crippen molar-refractivity contribution in [3.05, 3.63) is 59.9 Å². The Balaban J connectivity index is 2.23. The Kier molecular flexibility index (Phi) is 6.22. The molecule has 21 heavy (non-hydrogen) atoms. The highest BCUT2D eigenvalue weighted by molar-refractivity contribution is 5.34. The van der Waals surface area contributed by atoms with Gasteiger partial charge >= 0.3 is 0 Å². The molecule has 0 amide bonds. The molecule has 3 nitrogen and oxygen atoms in total. The number of hydrogen-bond acceptors (Lipinski definition) is 3. The van der Waals surface area contributed by atoms with Gasteiger partial charge in [0.1, 0.15) is 5.75 Å². The zero-order valence-corrected chi connectivity index (χ0v) is 12.9. The Morgan fingerprint density at radius 2 is 1.86 bits per heavy atom. The number of hydrogen-bond donors (Lipinski definition) is 1. The van der Waals surface area contributed by atoms with Gasteiger partial charge < -0.3 is 10.1 Å². The molecule has 0 saturated heterocycles. The zero-order valence-electron chi connectivity index (χ0n) is 12.9. The van der Waals surface area contributed by atoms with Crippen molar-refractivity contribution in [3.63, 3.8) is 0 Å². The number of pyridine rings is 1. The number of nitrogens with one attached hydrogen (secondary N) is 1. The van der Waals surface area contributed by atoms with Gasteiger partial charge in [0, 0.05) is 6.20 Å². The third kappa shape index (κ3) is 4.57. The second kappa shape index (κ2) is 8.42. The van der Waals surface area contributed by atoms with Crippen LogP contribution in [-0.4, -0.2) is 18.1 Å². The molecule has 0 fully saturated rings. The van der Waals surface area contributed by atoms with Crippen LogP contribution in [-0.2, 0) is 0 Å². The van der Waals surface area contributed by atoms with Crippen molar-refractivity contribution >= 4 is 0 Å². The van der Waals surface area contributed by atoms with Gasteiger partial charge in [-0.2, -0.15) is 0 Å². The van der Waals surface area contributed by atoms with Crippen LogP contribution >= 0.6 is 0 Å². The summed E-state index contributed by atoms with van der Waals surface area (Å²) in [6.07, 6.45) is 5.80. The second-order valence-electron chi connectivity index (χ2n) is 5.10. The van der Waals surface area contributed by atoms with Crippen LogP contribution in [0.4, 0.5) is 0 Å². The van der Waals surface area contributed by atoms with Crippen molar-refractivity contribution in [2.75, 3.05) is 13.2 Å². The predicted molar refractivity (Wildman–Crippen MR) is 86.6 cm³/mol. The minimum absolute atomic E-state index is 0.156. The molecule has 1 aromatic heterocycles. The summed E-state index contributed by atoms with van der Waals surface area (Å²) in [5.41, 5.74) is 2.39. The molecule has 1 aromatic carbocycles. The normalized spacial score (nSPS) is 12.1. The molecule has 0 aliphatic heterocycles. The Morgan fingerprint density at radius 3 is 2.57 bits per heavy atom. The standard InChI is InChI=1S/C18H24N2O/c1-3-10-20-18(15-8-6-5-7-9-15)16-12-17(14-19-13-16)21-11-4-2/h5-9,12-14,18,20H,3-4,10-11H2,1-2H3. The second-order valence-corrected chi connectivity index (χ2v) is 5.10. The molecule has 2 rings (SSSR count). The molecular formula is C18H24N2O. The predicted octanol–water partition coefficient (Wildman–Crippen LogP) is 3.96. The molecule has 0 aliphatic rings. The summed E-state index contributed by atoms with van der Waals surface area (Å²) in [7, 11) is 0. The SMILES string of the molecule is CCCNC(c1ccccc1)c1cncc(OCCC)c1. The molecule has 2 aromatic rings. The zero-order chi connectivity index (χ0) is 14.9. The molecule has 0 saturated carbocycles. The number of benzene rings is 1. The quantitative estimate of drug-likeness (QED) is 0.796. The van der Waals surface area contributed by atoms with Gasteiger partial charge in [-0.1, -0.05) is 44.2 Å². The summed E-state index contributed by atoms with van der Waals surface area (Å²) in [6, 6.07) is 12.7. The lowest BCUT2D eigenvalue weighted by Gasteiger charge is -2.20. The maximum absolute atomic E-state index is 5.70. The molecule has 0 radical (unpaired) electrons. The number of nitrogens with zero attached hydrogens (tertiary/aromatic N) is 1. The lowest BCUT2D eigenvalue weighted by atomic mass is 10.00. The molecule has 1 heterocycles. The van der Waals surface area contributed by atoms with E-state index >= 15 is 0 Å². The van der Waals surface area contributed by atoms with Gasteiger partial charge in [0.25, 0.3) is 0 Å². The summed E-state index contributed by atoms with van der Waals surface area (Å²) >= 11 is 0. The molecule has 1 unspecified atom stereocenters. The molecule has 0 spiro atoms. The highest BCUT2D eigenvalue weighted by Gasteiger charge is 2.14. The van der Waals surface area contributed by atoms with E-state index in [0.717, 1.165) is 37.3 Å². The summed E-state index contributed by atoms with van der Waals surface area (Å²) in [4.78, 5) is 4.33. The highest BCUT2D eigenvalue weighted by Crippen LogP contribution is 2.24. The van der Waals surface area contributed by atoms with Crippen LogP contribution < -0.4 is 10.1 Å². The van der Waals surface area contributed by atoms with Crippen molar-refractivity contribution < 1.29 is 4.74 Å². The number of ether oxygens (including phenoxy) is 1. The fraction of sp³-hybridized carbons (Fsp3) is 0.389. The first kappa shape index (κ1) is 15.5. The first-order valence-electron chi connectivity index (χ1n) is 7.71. The minimum Gasteiger partial charge on any atom is -0.492 e. The maximum atomic E-state index is 5.70. The van der Waals surface area contributed by atoms with Gasteiger partial charge in [-0.05, 0) is 36.6 Å². The molecule has 3 heteroatoms. The molecule has 112 valence electrons. The van der Waals surface area contributed by atoms with Gasteiger partial charge in [0.2, 0.25) is 0 Å². The van der Waals surface area contributed by atoms with Crippen LogP contribution in [0, 0.1) is 0 Å². The summed E-state index contributed by atoms with van der Waals surface area (Å²) in [5.74, 6) is 0.841. The Hall–Kier alpha value is -1.87. The van der Waals surface area contributed by atoms with Crippen LogP contribution in [0.25, 0.3) is 0 Å². The third-order valence-electron chi connectivity index (χ3n) is 3.27. The van der Waals surface area contributed by atoms with E-state index in [1.165, 1.54) is 5.56 Å². The van der Waals surface area contributed by atoms with Crippen molar-refractivity contribution in [3.8, 4) is 5.75 Å². The molecule has 1 atom stereocenters. The van der Waals surface area contributed by atoms with Crippen LogP contribution in [0.15, 0.2) is 48.8 Å². The van der Waals surface area contributed by atoms with E-state index in [-0.39, 0.29) is 6.04 Å². The largest absolute Gasteiger partial charge is 0.492 e. The van der Waals surface area contributed by atoms with E-state index in [4.69, 9.17) is 4.74 Å². The summed E-state index contributed by atoms with van der Waals surface area (Å²) in [6.45, 7) is 5.98. The number of aromatic nitrogens is 1. The van der Waals surface area contributed by atoms with Crippen molar-refractivity contribution in [1.82, 2.24) is 10.3 Å². The fourth-order valence-corrected chi connectivity index (χ4v) is 2.25. The van der Waals surface area contributed by atoms with Crippen molar-refractivity contribution in [1.29, 1.82) is 0 Å². The lowest BCUT2D eigenvalue weighted by Crippen LogP contribution is -2.23. The van der Waals surface area contributed by atoms with E-state index in [2.05, 4.69) is 54.5 Å². The van der Waals surface area contributed by atoms with Gasteiger partial charge in [0.15, 0.2) is 0 Å². The van der Waals surface area contributed by atoms with Crippen LogP contribution in [0.1, 0.15) is 43.9 Å². The Bertz CT molecular complexity index is 528. The van der Waals surface area contributed by atoms with E-state index in [1.807, 2.05) is 12.3 Å². The van der Waals surface area contributed by atoms with E-state index in [9.17, 15) is 0 Å². The summed E-state index contributed by atoms with van der Waals surface area (Å²) < 4.78 is 5.70. The van der Waals surface area contributed by atoms with Gasteiger partial charge in [-0.3, -0.25) is 4.98 Å². The van der Waals surface area contributed by atoms with Gasteiger partial charge in [-0.25, -0.2) is 0 Å². The van der Waals surface area contributed by atoms with Crippen LogP contribution in [0.3, 0.4) is 0 Å². The van der Waals surface area contributed by atoms with E-state index < -0.39 is 0 Å². The lowest BCUT2D eigenvalue weighted by molar-refractivity contribution is 0.315. The highest BCUT2D eigenvalue weighted by atomic mass is 16.5. The van der Waals surface area contributed by atoms with E-state index in [1.54, 1.807) is 6.20 Å². The maximum Gasteiger partial charge on any atom is 0.137 e. The molecule has 1 N–H and O–H groups in total. The summed E-state index contributed by atoms with van der Waals surface area (Å²) in [5, 5.41) is 3.59. The molecule has 0 bridgehead atoms. The first-order chi connectivity index (χ1) is 10.3. The molecular weight excluding hydrogens is 260 g/mol. The van der Waals surface area contributed by atoms with Crippen LogP contribution in [0.2, 0.25) is 0 Å². The topological polar surface area (TPSA) is 34.2 Å². The minimum atomic E-state index is 0.156. The van der Waals surface area contributed by atoms with Gasteiger partial charge in [0.05, 0.1) is 18.8 Å². The average molecular weight is 284 g/mol. The van der Waals surface area contributed by atoms with Crippen LogP contribution in [0.5, 0.6) is 5.75 Å². The monoisotopic (exact) mass is 284 g/mol. The van der Waals surface area contributed by atoms with E-state index in [0.29, 0.717) is 0 Å².